The minimum atomic E-state index is -0.118. The van der Waals surface area contributed by atoms with Crippen LogP contribution in [0.3, 0.4) is 0 Å². The fourth-order valence-electron chi connectivity index (χ4n) is 1.71. The molecule has 90 valence electrons. The molecule has 1 aliphatic carbocycles. The standard InChI is InChI=1S/C11H13BrClNO.ClH/c12-9-5-7(13)4-8(11(9)15)10(14)3-6-1-2-6;/h4-6,10,15H,1-3,14H2;1H/t10-;/m1./s1. The number of hydrogen-bond donors (Lipinski definition) is 2. The molecule has 1 saturated carbocycles. The van der Waals surface area contributed by atoms with Gasteiger partial charge in [-0.05, 0) is 40.4 Å². The van der Waals surface area contributed by atoms with E-state index in [2.05, 4.69) is 15.9 Å². The Morgan fingerprint density at radius 1 is 1.50 bits per heavy atom. The zero-order chi connectivity index (χ0) is 11.0. The summed E-state index contributed by atoms with van der Waals surface area (Å²) in [6, 6.07) is 3.30. The van der Waals surface area contributed by atoms with Crippen molar-refractivity contribution in [1.29, 1.82) is 0 Å². The molecule has 1 aliphatic rings. The second-order valence-corrected chi connectivity index (χ2v) is 5.40. The Balaban J connectivity index is 0.00000128. The van der Waals surface area contributed by atoms with E-state index in [0.717, 1.165) is 17.9 Å². The SMILES string of the molecule is Cl.N[C@H](CC1CC1)c1cc(Cl)cc(Br)c1O. The molecule has 5 heteroatoms. The van der Waals surface area contributed by atoms with Crippen molar-refractivity contribution < 1.29 is 5.11 Å². The van der Waals surface area contributed by atoms with E-state index in [1.165, 1.54) is 12.8 Å². The first-order valence-corrected chi connectivity index (χ1v) is 6.18. The van der Waals surface area contributed by atoms with Crippen LogP contribution in [0.2, 0.25) is 5.02 Å². The van der Waals surface area contributed by atoms with Gasteiger partial charge in [-0.1, -0.05) is 24.4 Å². The molecule has 0 aliphatic heterocycles. The number of halogens is 3. The maximum Gasteiger partial charge on any atom is 0.134 e. The van der Waals surface area contributed by atoms with Crippen LogP contribution < -0.4 is 5.73 Å². The summed E-state index contributed by atoms with van der Waals surface area (Å²) in [6.45, 7) is 0. The first kappa shape index (κ1) is 14.1. The van der Waals surface area contributed by atoms with Crippen LogP contribution in [0.5, 0.6) is 5.75 Å². The van der Waals surface area contributed by atoms with Crippen molar-refractivity contribution in [1.82, 2.24) is 0 Å². The van der Waals surface area contributed by atoms with Gasteiger partial charge in [0.25, 0.3) is 0 Å². The smallest absolute Gasteiger partial charge is 0.134 e. The first-order chi connectivity index (χ1) is 7.08. The minimum absolute atomic E-state index is 0. The van der Waals surface area contributed by atoms with E-state index in [1.807, 2.05) is 0 Å². The Bertz CT molecular complexity index is 382. The number of nitrogens with two attached hydrogens (primary N) is 1. The topological polar surface area (TPSA) is 46.2 Å². The van der Waals surface area contributed by atoms with Crippen LogP contribution >= 0.6 is 39.9 Å². The summed E-state index contributed by atoms with van der Waals surface area (Å²) in [4.78, 5) is 0. The van der Waals surface area contributed by atoms with E-state index in [0.29, 0.717) is 9.50 Å². The highest BCUT2D eigenvalue weighted by molar-refractivity contribution is 9.10. The summed E-state index contributed by atoms with van der Waals surface area (Å²) in [6.07, 6.45) is 3.45. The van der Waals surface area contributed by atoms with Gasteiger partial charge in [0.05, 0.1) is 4.47 Å². The molecule has 1 aromatic carbocycles. The number of benzene rings is 1. The van der Waals surface area contributed by atoms with Crippen molar-refractivity contribution in [3.63, 3.8) is 0 Å². The molecule has 16 heavy (non-hydrogen) atoms. The van der Waals surface area contributed by atoms with E-state index in [-0.39, 0.29) is 24.2 Å². The van der Waals surface area contributed by atoms with E-state index >= 15 is 0 Å². The molecule has 0 amide bonds. The predicted octanol–water partition coefficient (Wildman–Crippen LogP) is 4.03. The Kier molecular flexibility index (Phi) is 4.92. The molecule has 0 unspecified atom stereocenters. The molecule has 0 bridgehead atoms. The van der Waals surface area contributed by atoms with Gasteiger partial charge in [0, 0.05) is 16.6 Å². The Hall–Kier alpha value is 0.0400. The summed E-state index contributed by atoms with van der Waals surface area (Å²) in [5.41, 5.74) is 6.77. The van der Waals surface area contributed by atoms with Gasteiger partial charge in [0.15, 0.2) is 0 Å². The van der Waals surface area contributed by atoms with Crippen molar-refractivity contribution in [2.24, 2.45) is 11.7 Å². The van der Waals surface area contributed by atoms with Crippen molar-refractivity contribution in [3.8, 4) is 5.75 Å². The molecule has 0 radical (unpaired) electrons. The van der Waals surface area contributed by atoms with E-state index in [4.69, 9.17) is 17.3 Å². The van der Waals surface area contributed by atoms with Crippen molar-refractivity contribution >= 4 is 39.9 Å². The molecule has 0 heterocycles. The molecule has 2 rings (SSSR count). The second kappa shape index (κ2) is 5.58. The van der Waals surface area contributed by atoms with Gasteiger partial charge in [-0.3, -0.25) is 0 Å². The van der Waals surface area contributed by atoms with Crippen LogP contribution in [-0.2, 0) is 0 Å². The van der Waals surface area contributed by atoms with Gasteiger partial charge in [-0.2, -0.15) is 0 Å². The zero-order valence-corrected chi connectivity index (χ0v) is 11.8. The number of hydrogen-bond acceptors (Lipinski definition) is 2. The number of phenolic OH excluding ortho intramolecular Hbond substituents is 1. The number of aromatic hydroxyl groups is 1. The third-order valence-electron chi connectivity index (χ3n) is 2.74. The molecule has 3 N–H and O–H groups in total. The van der Waals surface area contributed by atoms with Crippen LogP contribution in [0, 0.1) is 5.92 Å². The maximum absolute atomic E-state index is 9.84. The average molecular weight is 327 g/mol. The molecule has 0 spiro atoms. The van der Waals surface area contributed by atoms with E-state index in [1.54, 1.807) is 12.1 Å². The molecule has 2 nitrogen and oxygen atoms in total. The fourth-order valence-corrected chi connectivity index (χ4v) is 2.54. The second-order valence-electron chi connectivity index (χ2n) is 4.11. The lowest BCUT2D eigenvalue weighted by molar-refractivity contribution is 0.452. The Labute approximate surface area is 115 Å². The Morgan fingerprint density at radius 3 is 2.69 bits per heavy atom. The van der Waals surface area contributed by atoms with Crippen molar-refractivity contribution in [2.45, 2.75) is 25.3 Å². The summed E-state index contributed by atoms with van der Waals surface area (Å²) < 4.78 is 0.608. The van der Waals surface area contributed by atoms with E-state index < -0.39 is 0 Å². The summed E-state index contributed by atoms with van der Waals surface area (Å²) in [5.74, 6) is 0.949. The van der Waals surface area contributed by atoms with Crippen LogP contribution in [-0.4, -0.2) is 5.11 Å². The largest absolute Gasteiger partial charge is 0.506 e. The van der Waals surface area contributed by atoms with E-state index in [9.17, 15) is 5.11 Å². The van der Waals surface area contributed by atoms with Gasteiger partial charge in [-0.25, -0.2) is 0 Å². The summed E-state index contributed by atoms with van der Waals surface area (Å²) in [7, 11) is 0. The molecule has 1 fully saturated rings. The van der Waals surface area contributed by atoms with Crippen LogP contribution in [0.1, 0.15) is 30.9 Å². The monoisotopic (exact) mass is 325 g/mol. The maximum atomic E-state index is 9.84. The van der Waals surface area contributed by atoms with Gasteiger partial charge in [-0.15, -0.1) is 12.4 Å². The van der Waals surface area contributed by atoms with Crippen LogP contribution in [0.4, 0.5) is 0 Å². The molecular formula is C11H14BrCl2NO. The summed E-state index contributed by atoms with van der Waals surface area (Å²) >= 11 is 9.18. The Morgan fingerprint density at radius 2 is 2.12 bits per heavy atom. The van der Waals surface area contributed by atoms with Crippen LogP contribution in [0.15, 0.2) is 16.6 Å². The molecule has 1 atom stereocenters. The average Bonchev–Trinajstić information content (AvgIpc) is 2.94. The quantitative estimate of drug-likeness (QED) is 0.880. The minimum Gasteiger partial charge on any atom is -0.506 e. The highest BCUT2D eigenvalue weighted by Crippen LogP contribution is 2.41. The zero-order valence-electron chi connectivity index (χ0n) is 8.62. The third kappa shape index (κ3) is 3.27. The van der Waals surface area contributed by atoms with Crippen molar-refractivity contribution in [3.05, 3.63) is 27.2 Å². The lowest BCUT2D eigenvalue weighted by atomic mass is 10.0. The number of phenols is 1. The van der Waals surface area contributed by atoms with Gasteiger partial charge in [0.1, 0.15) is 5.75 Å². The van der Waals surface area contributed by atoms with Crippen LogP contribution in [0.25, 0.3) is 0 Å². The molecule has 0 saturated heterocycles. The third-order valence-corrected chi connectivity index (χ3v) is 3.56. The lowest BCUT2D eigenvalue weighted by Crippen LogP contribution is -2.11. The van der Waals surface area contributed by atoms with Gasteiger partial charge >= 0.3 is 0 Å². The molecule has 1 aromatic rings. The van der Waals surface area contributed by atoms with Crippen molar-refractivity contribution in [2.75, 3.05) is 0 Å². The molecule has 0 aromatic heterocycles. The summed E-state index contributed by atoms with van der Waals surface area (Å²) in [5, 5.41) is 10.4. The number of rotatable bonds is 3. The normalized spacial score (nSPS) is 16.7. The predicted molar refractivity (Wildman–Crippen MR) is 72.3 cm³/mol. The first-order valence-electron chi connectivity index (χ1n) is 5.01. The lowest BCUT2D eigenvalue weighted by Gasteiger charge is -2.14. The highest BCUT2D eigenvalue weighted by Gasteiger charge is 2.26. The highest BCUT2D eigenvalue weighted by atomic mass is 79.9. The fraction of sp³-hybridized carbons (Fsp3) is 0.455. The van der Waals surface area contributed by atoms with Gasteiger partial charge < -0.3 is 10.8 Å². The van der Waals surface area contributed by atoms with Gasteiger partial charge in [0.2, 0.25) is 0 Å². The molecular weight excluding hydrogens is 313 g/mol.